The third-order valence-corrected chi connectivity index (χ3v) is 4.93. The first-order chi connectivity index (χ1) is 9.11. The highest BCUT2D eigenvalue weighted by Gasteiger charge is 2.23. The van der Waals surface area contributed by atoms with Crippen LogP contribution in [0.5, 0.6) is 0 Å². The predicted molar refractivity (Wildman–Crippen MR) is 77.9 cm³/mol. The van der Waals surface area contributed by atoms with Gasteiger partial charge in [-0.1, -0.05) is 6.92 Å². The minimum atomic E-state index is -0.806. The van der Waals surface area contributed by atoms with Crippen LogP contribution in [0.2, 0.25) is 0 Å². The van der Waals surface area contributed by atoms with Gasteiger partial charge in [-0.25, -0.2) is 4.79 Å². The van der Waals surface area contributed by atoms with Crippen LogP contribution in [-0.2, 0) is 6.54 Å². The second-order valence-corrected chi connectivity index (χ2v) is 6.08. The molecule has 0 amide bonds. The third-order valence-electron chi connectivity index (χ3n) is 3.99. The first kappa shape index (κ1) is 14.5. The average molecular weight is 282 g/mol. The van der Waals surface area contributed by atoms with Crippen LogP contribution in [0.1, 0.15) is 35.0 Å². The lowest BCUT2D eigenvalue weighted by molar-refractivity contribution is 0.0698. The summed E-state index contributed by atoms with van der Waals surface area (Å²) in [5.41, 5.74) is 0.943. The molecule has 1 N–H and O–H groups in total. The molecule has 0 unspecified atom stereocenters. The van der Waals surface area contributed by atoms with E-state index in [1.807, 2.05) is 11.4 Å². The Morgan fingerprint density at radius 1 is 1.53 bits per heavy atom. The Morgan fingerprint density at radius 3 is 2.79 bits per heavy atom. The van der Waals surface area contributed by atoms with Gasteiger partial charge in [0, 0.05) is 12.6 Å². The molecule has 2 heterocycles. The van der Waals surface area contributed by atoms with Gasteiger partial charge in [-0.05, 0) is 56.5 Å². The van der Waals surface area contributed by atoms with Crippen LogP contribution in [0, 0.1) is 0 Å². The fourth-order valence-corrected chi connectivity index (χ4v) is 3.48. The zero-order valence-electron chi connectivity index (χ0n) is 11.6. The maximum Gasteiger partial charge on any atom is 0.346 e. The van der Waals surface area contributed by atoms with Crippen molar-refractivity contribution in [3.63, 3.8) is 0 Å². The summed E-state index contributed by atoms with van der Waals surface area (Å²) in [6, 6.07) is 2.51. The number of carboxylic acids is 1. The summed E-state index contributed by atoms with van der Waals surface area (Å²) in [5.74, 6) is -0.806. The predicted octanol–water partition coefficient (Wildman–Crippen LogP) is 2.36. The van der Waals surface area contributed by atoms with Gasteiger partial charge in [0.25, 0.3) is 0 Å². The lowest BCUT2D eigenvalue weighted by atomic mass is 10.0. The lowest BCUT2D eigenvalue weighted by Crippen LogP contribution is -2.42. The van der Waals surface area contributed by atoms with Crippen molar-refractivity contribution in [3.8, 4) is 0 Å². The van der Waals surface area contributed by atoms with Crippen molar-refractivity contribution in [2.75, 3.05) is 26.7 Å². The van der Waals surface area contributed by atoms with E-state index in [0.717, 1.165) is 31.7 Å². The molecule has 0 spiro atoms. The molecule has 0 bridgehead atoms. The fraction of sp³-hybridized carbons (Fsp3) is 0.643. The lowest BCUT2D eigenvalue weighted by Gasteiger charge is -2.36. The molecule has 1 aliphatic rings. The van der Waals surface area contributed by atoms with Crippen molar-refractivity contribution in [1.82, 2.24) is 9.80 Å². The third kappa shape index (κ3) is 3.55. The molecule has 1 saturated heterocycles. The van der Waals surface area contributed by atoms with Crippen molar-refractivity contribution in [2.45, 2.75) is 32.4 Å². The molecule has 0 aliphatic carbocycles. The molecule has 19 heavy (non-hydrogen) atoms. The number of likely N-dealkylation sites (tertiary alicyclic amines) is 1. The normalized spacial score (nSPS) is 18.1. The Labute approximate surface area is 118 Å². The van der Waals surface area contributed by atoms with Crippen LogP contribution >= 0.6 is 11.3 Å². The summed E-state index contributed by atoms with van der Waals surface area (Å²) < 4.78 is 0. The van der Waals surface area contributed by atoms with Crippen LogP contribution in [0.15, 0.2) is 11.4 Å². The van der Waals surface area contributed by atoms with Crippen LogP contribution < -0.4 is 0 Å². The number of hydrogen-bond donors (Lipinski definition) is 1. The number of nitrogens with zero attached hydrogens (tertiary/aromatic N) is 2. The number of hydrogen-bond acceptors (Lipinski definition) is 4. The largest absolute Gasteiger partial charge is 0.477 e. The topological polar surface area (TPSA) is 43.8 Å². The van der Waals surface area contributed by atoms with Crippen molar-refractivity contribution < 1.29 is 9.90 Å². The molecule has 106 valence electrons. The quantitative estimate of drug-likeness (QED) is 0.900. The van der Waals surface area contributed by atoms with Crippen LogP contribution in [-0.4, -0.2) is 53.6 Å². The molecule has 1 aliphatic heterocycles. The van der Waals surface area contributed by atoms with Crippen LogP contribution in [0.25, 0.3) is 0 Å². The maximum absolute atomic E-state index is 11.1. The Balaban J connectivity index is 1.92. The molecule has 2 rings (SSSR count). The minimum absolute atomic E-state index is 0.484. The molecular formula is C14H22N2O2S. The molecular weight excluding hydrogens is 260 g/mol. The molecule has 4 nitrogen and oxygen atoms in total. The molecule has 1 aromatic rings. The van der Waals surface area contributed by atoms with Gasteiger partial charge >= 0.3 is 5.97 Å². The number of aromatic carboxylic acids is 1. The number of piperidine rings is 1. The van der Waals surface area contributed by atoms with Crippen LogP contribution in [0.4, 0.5) is 0 Å². The van der Waals surface area contributed by atoms with E-state index in [1.165, 1.54) is 24.2 Å². The van der Waals surface area contributed by atoms with E-state index in [-0.39, 0.29) is 0 Å². The fourth-order valence-electron chi connectivity index (χ4n) is 2.72. The highest BCUT2D eigenvalue weighted by atomic mass is 32.1. The average Bonchev–Trinajstić information content (AvgIpc) is 2.87. The van der Waals surface area contributed by atoms with Gasteiger partial charge in [0.1, 0.15) is 4.88 Å². The molecule has 0 aromatic carbocycles. The highest BCUT2D eigenvalue weighted by Crippen LogP contribution is 2.22. The number of thiophene rings is 1. The van der Waals surface area contributed by atoms with Gasteiger partial charge < -0.3 is 10.0 Å². The molecule has 0 saturated carbocycles. The summed E-state index contributed by atoms with van der Waals surface area (Å²) in [6.07, 6.45) is 2.35. The zero-order valence-corrected chi connectivity index (χ0v) is 12.4. The molecule has 5 heteroatoms. The van der Waals surface area contributed by atoms with Crippen molar-refractivity contribution in [3.05, 3.63) is 21.9 Å². The van der Waals surface area contributed by atoms with Crippen LogP contribution in [0.3, 0.4) is 0 Å². The number of carboxylic acid groups (broad SMARTS) is 1. The van der Waals surface area contributed by atoms with E-state index in [4.69, 9.17) is 5.11 Å². The van der Waals surface area contributed by atoms with Gasteiger partial charge in [-0.3, -0.25) is 4.90 Å². The highest BCUT2D eigenvalue weighted by molar-refractivity contribution is 7.12. The van der Waals surface area contributed by atoms with E-state index >= 15 is 0 Å². The Hall–Kier alpha value is -0.910. The van der Waals surface area contributed by atoms with Gasteiger partial charge in [0.2, 0.25) is 0 Å². The summed E-state index contributed by atoms with van der Waals surface area (Å²) >= 11 is 1.32. The van der Waals surface area contributed by atoms with E-state index in [2.05, 4.69) is 23.8 Å². The smallest absolute Gasteiger partial charge is 0.346 e. The molecule has 0 radical (unpaired) electrons. The van der Waals surface area contributed by atoms with Gasteiger partial charge in [-0.15, -0.1) is 11.3 Å². The van der Waals surface area contributed by atoms with E-state index < -0.39 is 5.97 Å². The number of rotatable bonds is 5. The Bertz CT molecular complexity index is 425. The Kier molecular flexibility index (Phi) is 4.96. The van der Waals surface area contributed by atoms with E-state index in [0.29, 0.717) is 10.9 Å². The first-order valence-corrected chi connectivity index (χ1v) is 7.72. The van der Waals surface area contributed by atoms with E-state index in [1.54, 1.807) is 0 Å². The molecule has 1 fully saturated rings. The number of carbonyl (C=O) groups is 1. The SMILES string of the molecule is CCN1CCC(N(C)Cc2ccsc2C(=O)O)CC1. The first-order valence-electron chi connectivity index (χ1n) is 6.84. The minimum Gasteiger partial charge on any atom is -0.477 e. The molecule has 1 aromatic heterocycles. The second-order valence-electron chi connectivity index (χ2n) is 5.16. The second kappa shape index (κ2) is 6.50. The van der Waals surface area contributed by atoms with Gasteiger partial charge in [-0.2, -0.15) is 0 Å². The summed E-state index contributed by atoms with van der Waals surface area (Å²) in [4.78, 5) is 16.4. The standard InChI is InChI=1S/C14H22N2O2S/c1-3-16-7-4-12(5-8-16)15(2)10-11-6-9-19-13(11)14(17)18/h6,9,12H,3-5,7-8,10H2,1-2H3,(H,17,18). The molecule has 0 atom stereocenters. The summed E-state index contributed by atoms with van der Waals surface area (Å²) in [5, 5.41) is 11.0. The Morgan fingerprint density at radius 2 is 2.21 bits per heavy atom. The monoisotopic (exact) mass is 282 g/mol. The van der Waals surface area contributed by atoms with Crippen molar-refractivity contribution in [2.24, 2.45) is 0 Å². The van der Waals surface area contributed by atoms with Crippen molar-refractivity contribution in [1.29, 1.82) is 0 Å². The zero-order chi connectivity index (χ0) is 13.8. The summed E-state index contributed by atoms with van der Waals surface area (Å²) in [6.45, 7) is 6.38. The van der Waals surface area contributed by atoms with Gasteiger partial charge in [0.15, 0.2) is 0 Å². The van der Waals surface area contributed by atoms with E-state index in [9.17, 15) is 4.79 Å². The maximum atomic E-state index is 11.1. The van der Waals surface area contributed by atoms with Gasteiger partial charge in [0.05, 0.1) is 0 Å². The van der Waals surface area contributed by atoms with Crippen molar-refractivity contribution >= 4 is 17.3 Å². The summed E-state index contributed by atoms with van der Waals surface area (Å²) in [7, 11) is 2.11.